The maximum atomic E-state index is 13.9. The van der Waals surface area contributed by atoms with Gasteiger partial charge in [0.2, 0.25) is 0 Å². The van der Waals surface area contributed by atoms with Crippen LogP contribution in [0.15, 0.2) is 24.3 Å². The van der Waals surface area contributed by atoms with Crippen molar-refractivity contribution in [3.8, 4) is 0 Å². The second-order valence-electron chi connectivity index (χ2n) is 11.7. The molecule has 28 heavy (non-hydrogen) atoms. The first-order chi connectivity index (χ1) is 13.0. The average molecular weight is 383 g/mol. The lowest BCUT2D eigenvalue weighted by atomic mass is 9.34. The predicted octanol–water partition coefficient (Wildman–Crippen LogP) is 3.10. The fraction of sp³-hybridized carbons (Fsp3) is 0.750. The Kier molecular flexibility index (Phi) is 2.77. The van der Waals surface area contributed by atoms with Crippen molar-refractivity contribution >= 4 is 11.6 Å². The third-order valence-corrected chi connectivity index (χ3v) is 10.2. The molecule has 1 N–H and O–H groups in total. The Bertz CT molecular complexity index is 896. The molecule has 1 unspecified atom stereocenters. The van der Waals surface area contributed by atoms with Gasteiger partial charge >= 0.3 is 0 Å². The standard InChI is InChI=1S/C24H30O4/c1-12-13-6-7-15-22-11-28-24(19(27)17(22)20(2,3)9-8-16(22)25)21(4,5)10-14(13)23(15,24)18(12)26/h8-9,13-15,17,19,27H,1,6-7,10-11H2,2-5H3/t13-,14+,15-,17+,19-,22+,23-,24?/m0/s1. The fourth-order valence-corrected chi connectivity index (χ4v) is 9.68. The van der Waals surface area contributed by atoms with Crippen LogP contribution in [-0.4, -0.2) is 35.0 Å². The van der Waals surface area contributed by atoms with Crippen molar-refractivity contribution in [3.05, 3.63) is 24.3 Å². The molecule has 0 aromatic carbocycles. The summed E-state index contributed by atoms with van der Waals surface area (Å²) in [5, 5.41) is 12.0. The van der Waals surface area contributed by atoms with Crippen LogP contribution < -0.4 is 0 Å². The number of Topliss-reactive ketones (excluding diaryl/α,β-unsaturated/α-hetero) is 1. The van der Waals surface area contributed by atoms with E-state index in [2.05, 4.69) is 34.3 Å². The molecule has 8 atom stereocenters. The minimum Gasteiger partial charge on any atom is -0.390 e. The lowest BCUT2D eigenvalue weighted by Crippen LogP contribution is -2.84. The predicted molar refractivity (Wildman–Crippen MR) is 103 cm³/mol. The quantitative estimate of drug-likeness (QED) is 0.654. The zero-order chi connectivity index (χ0) is 20.1. The molecule has 0 amide bonds. The highest BCUT2D eigenvalue weighted by atomic mass is 16.5. The molecule has 2 heterocycles. The van der Waals surface area contributed by atoms with Crippen LogP contribution in [0.25, 0.3) is 0 Å². The molecule has 4 nitrogen and oxygen atoms in total. The van der Waals surface area contributed by atoms with Crippen molar-refractivity contribution in [2.75, 3.05) is 6.61 Å². The Morgan fingerprint density at radius 3 is 2.61 bits per heavy atom. The highest BCUT2D eigenvalue weighted by Crippen LogP contribution is 2.84. The summed E-state index contributed by atoms with van der Waals surface area (Å²) in [5.74, 6) is 0.167. The summed E-state index contributed by atoms with van der Waals surface area (Å²) in [7, 11) is 0. The molecular weight excluding hydrogens is 352 g/mol. The van der Waals surface area contributed by atoms with Crippen LogP contribution in [0.2, 0.25) is 0 Å². The van der Waals surface area contributed by atoms with E-state index in [1.807, 2.05) is 6.08 Å². The molecule has 2 aliphatic heterocycles. The van der Waals surface area contributed by atoms with E-state index < -0.39 is 22.5 Å². The Morgan fingerprint density at radius 1 is 1.18 bits per heavy atom. The number of hydrogen-bond acceptors (Lipinski definition) is 4. The van der Waals surface area contributed by atoms with Crippen molar-refractivity contribution in [1.29, 1.82) is 0 Å². The third-order valence-electron chi connectivity index (χ3n) is 10.2. The van der Waals surface area contributed by atoms with Crippen molar-refractivity contribution in [2.45, 2.75) is 58.7 Å². The fourth-order valence-electron chi connectivity index (χ4n) is 9.68. The number of carbonyl (C=O) groups is 2. The van der Waals surface area contributed by atoms with Crippen LogP contribution in [0.5, 0.6) is 0 Å². The molecule has 4 bridgehead atoms. The van der Waals surface area contributed by atoms with Crippen molar-refractivity contribution < 1.29 is 19.4 Å². The Labute approximate surface area is 166 Å². The lowest BCUT2D eigenvalue weighted by Gasteiger charge is -2.74. The summed E-state index contributed by atoms with van der Waals surface area (Å²) in [4.78, 5) is 27.5. The molecule has 4 heteroatoms. The third kappa shape index (κ3) is 1.30. The minimum atomic E-state index is -0.931. The molecule has 7 aliphatic rings. The number of hydrogen-bond donors (Lipinski definition) is 1. The van der Waals surface area contributed by atoms with Crippen molar-refractivity contribution in [2.24, 2.45) is 45.3 Å². The van der Waals surface area contributed by atoms with E-state index in [9.17, 15) is 14.7 Å². The minimum absolute atomic E-state index is 0.0516. The number of ether oxygens (including phenoxy) is 1. The van der Waals surface area contributed by atoms with Gasteiger partial charge in [0.25, 0.3) is 0 Å². The summed E-state index contributed by atoms with van der Waals surface area (Å²) < 4.78 is 6.65. The molecule has 3 spiro atoms. The van der Waals surface area contributed by atoms with Crippen molar-refractivity contribution in [1.82, 2.24) is 0 Å². The molecular formula is C24H30O4. The van der Waals surface area contributed by atoms with E-state index in [4.69, 9.17) is 4.74 Å². The molecule has 2 saturated heterocycles. The first-order valence-electron chi connectivity index (χ1n) is 10.8. The van der Waals surface area contributed by atoms with E-state index in [1.165, 1.54) is 0 Å². The van der Waals surface area contributed by atoms with Gasteiger partial charge in [-0.15, -0.1) is 0 Å². The number of fused-ring (bicyclic) bond motifs is 1. The van der Waals surface area contributed by atoms with Crippen LogP contribution in [-0.2, 0) is 14.3 Å². The smallest absolute Gasteiger partial charge is 0.168 e. The van der Waals surface area contributed by atoms with Gasteiger partial charge in [0.1, 0.15) is 5.60 Å². The van der Waals surface area contributed by atoms with E-state index in [1.54, 1.807) is 6.08 Å². The maximum Gasteiger partial charge on any atom is 0.168 e. The largest absolute Gasteiger partial charge is 0.390 e. The number of rotatable bonds is 0. The van der Waals surface area contributed by atoms with Gasteiger partial charge in [-0.1, -0.05) is 40.3 Å². The van der Waals surface area contributed by atoms with Crippen LogP contribution in [0, 0.1) is 45.3 Å². The van der Waals surface area contributed by atoms with Crippen molar-refractivity contribution in [3.63, 3.8) is 0 Å². The highest BCUT2D eigenvalue weighted by molar-refractivity contribution is 6.07. The topological polar surface area (TPSA) is 63.6 Å². The zero-order valence-electron chi connectivity index (χ0n) is 17.2. The average Bonchev–Trinajstić information content (AvgIpc) is 2.89. The lowest BCUT2D eigenvalue weighted by molar-refractivity contribution is -0.366. The normalized spacial score (nSPS) is 56.8. The molecule has 150 valence electrons. The van der Waals surface area contributed by atoms with E-state index in [0.29, 0.717) is 6.61 Å². The molecule has 7 rings (SSSR count). The monoisotopic (exact) mass is 382 g/mol. The van der Waals surface area contributed by atoms with Crippen LogP contribution in [0.1, 0.15) is 47.0 Å². The van der Waals surface area contributed by atoms with Gasteiger partial charge in [-0.05, 0) is 59.5 Å². The molecule has 0 aromatic rings. The van der Waals surface area contributed by atoms with Gasteiger partial charge in [0.15, 0.2) is 11.6 Å². The molecule has 0 radical (unpaired) electrons. The van der Waals surface area contributed by atoms with E-state index in [0.717, 1.165) is 24.8 Å². The van der Waals surface area contributed by atoms with Crippen LogP contribution in [0.4, 0.5) is 0 Å². The Balaban J connectivity index is 1.74. The summed E-state index contributed by atoms with van der Waals surface area (Å²) in [6.45, 7) is 13.1. The first kappa shape index (κ1) is 17.6. The first-order valence-corrected chi connectivity index (χ1v) is 10.8. The molecule has 0 aromatic heterocycles. The maximum absolute atomic E-state index is 13.9. The highest BCUT2D eigenvalue weighted by Gasteiger charge is 2.91. The summed E-state index contributed by atoms with van der Waals surface area (Å²) in [5.41, 5.74) is -2.46. The second-order valence-corrected chi connectivity index (χ2v) is 11.7. The molecule has 4 saturated carbocycles. The van der Waals surface area contributed by atoms with Gasteiger partial charge in [-0.25, -0.2) is 0 Å². The number of carbonyl (C=O) groups excluding carboxylic acids is 2. The van der Waals surface area contributed by atoms with E-state index in [-0.39, 0.29) is 46.1 Å². The molecule has 5 aliphatic carbocycles. The molecule has 6 fully saturated rings. The van der Waals surface area contributed by atoms with Gasteiger partial charge in [-0.2, -0.15) is 0 Å². The number of allylic oxidation sites excluding steroid dienone is 3. The Morgan fingerprint density at radius 2 is 1.89 bits per heavy atom. The van der Waals surface area contributed by atoms with Gasteiger partial charge in [-0.3, -0.25) is 9.59 Å². The zero-order valence-corrected chi connectivity index (χ0v) is 17.2. The van der Waals surface area contributed by atoms with Gasteiger partial charge in [0.05, 0.1) is 23.5 Å². The van der Waals surface area contributed by atoms with E-state index >= 15 is 0 Å². The second kappa shape index (κ2) is 4.41. The summed E-state index contributed by atoms with van der Waals surface area (Å²) in [6.07, 6.45) is 5.47. The Hall–Kier alpha value is -1.26. The summed E-state index contributed by atoms with van der Waals surface area (Å²) in [6, 6.07) is 0. The van der Waals surface area contributed by atoms with Crippen LogP contribution in [0.3, 0.4) is 0 Å². The number of aliphatic hydroxyl groups is 1. The number of aliphatic hydroxyl groups excluding tert-OH is 1. The summed E-state index contributed by atoms with van der Waals surface area (Å²) >= 11 is 0. The van der Waals surface area contributed by atoms with Gasteiger partial charge < -0.3 is 9.84 Å². The SMILES string of the molecule is C=C1C(=O)[C@@]23[C@@H]4CC(C)(C)C25OC[C@]2(C(=O)C=CC(C)(C)[C@H]2[C@@H]5O)[C@@H]3CC[C@@H]14. The van der Waals surface area contributed by atoms with Crippen LogP contribution >= 0.6 is 0 Å². The van der Waals surface area contributed by atoms with Gasteiger partial charge in [0, 0.05) is 5.92 Å². The number of ketones is 2.